The van der Waals surface area contributed by atoms with E-state index in [2.05, 4.69) is 10.2 Å². The van der Waals surface area contributed by atoms with Gasteiger partial charge in [0, 0.05) is 19.5 Å². The van der Waals surface area contributed by atoms with Gasteiger partial charge in [0.05, 0.1) is 23.8 Å². The first kappa shape index (κ1) is 22.4. The monoisotopic (exact) mass is 443 g/mol. The number of hydrogen-bond donors (Lipinski definition) is 2. The smallest absolute Gasteiger partial charge is 0.262 e. The summed E-state index contributed by atoms with van der Waals surface area (Å²) in [6.45, 7) is 3.44. The third-order valence-electron chi connectivity index (χ3n) is 6.36. The van der Waals surface area contributed by atoms with E-state index in [1.54, 1.807) is 18.2 Å². The zero-order valence-electron chi connectivity index (χ0n) is 18.0. The molecule has 172 valence electrons. The zero-order valence-corrected chi connectivity index (χ0v) is 18.0. The van der Waals surface area contributed by atoms with Crippen molar-refractivity contribution in [3.05, 3.63) is 29.3 Å². The second kappa shape index (κ2) is 9.79. The molecule has 1 unspecified atom stereocenters. The zero-order chi connectivity index (χ0) is 22.7. The molecule has 2 N–H and O–H groups in total. The maximum atomic E-state index is 12.8. The van der Waals surface area contributed by atoms with Gasteiger partial charge in [-0.25, -0.2) is 0 Å². The second-order valence-corrected chi connectivity index (χ2v) is 8.64. The Balaban J connectivity index is 1.25. The minimum Gasteiger partial charge on any atom is -0.494 e. The number of unbranched alkanes of at least 4 members (excludes halogenated alkanes) is 2. The summed E-state index contributed by atoms with van der Waals surface area (Å²) >= 11 is 0. The number of piperidine rings is 2. The number of aliphatic hydroxyl groups is 1. The molecule has 0 saturated carbocycles. The minimum absolute atomic E-state index is 0.0951. The van der Waals surface area contributed by atoms with Crippen molar-refractivity contribution in [3.63, 3.8) is 0 Å². The highest BCUT2D eigenvalue weighted by molar-refractivity contribution is 6.23. The van der Waals surface area contributed by atoms with Crippen molar-refractivity contribution in [2.45, 2.75) is 57.1 Å². The van der Waals surface area contributed by atoms with Gasteiger partial charge in [-0.1, -0.05) is 0 Å². The molecule has 4 amide bonds. The SMILES string of the molecule is O=C1CCC(N2C(=O)c3ccc(OCCCCCN4CCC(O)CC4)cc3C2=O)C(=O)N1. The Morgan fingerprint density at radius 2 is 1.72 bits per heavy atom. The number of hydrogen-bond acceptors (Lipinski definition) is 7. The van der Waals surface area contributed by atoms with Crippen molar-refractivity contribution in [1.82, 2.24) is 15.1 Å². The highest BCUT2D eigenvalue weighted by atomic mass is 16.5. The van der Waals surface area contributed by atoms with Crippen LogP contribution < -0.4 is 10.1 Å². The molecule has 3 heterocycles. The maximum absolute atomic E-state index is 12.8. The molecule has 1 aromatic carbocycles. The van der Waals surface area contributed by atoms with Crippen LogP contribution in [-0.2, 0) is 9.59 Å². The number of fused-ring (bicyclic) bond motifs is 1. The Hall–Kier alpha value is -2.78. The normalized spacial score (nSPS) is 22.3. The average molecular weight is 444 g/mol. The first-order valence-electron chi connectivity index (χ1n) is 11.3. The fourth-order valence-electron chi connectivity index (χ4n) is 4.49. The third-order valence-corrected chi connectivity index (χ3v) is 6.36. The summed E-state index contributed by atoms with van der Waals surface area (Å²) < 4.78 is 5.78. The summed E-state index contributed by atoms with van der Waals surface area (Å²) in [6, 6.07) is 3.81. The summed E-state index contributed by atoms with van der Waals surface area (Å²) in [6.07, 6.45) is 4.75. The van der Waals surface area contributed by atoms with Gasteiger partial charge in [0.25, 0.3) is 11.8 Å². The first-order valence-corrected chi connectivity index (χ1v) is 11.3. The summed E-state index contributed by atoms with van der Waals surface area (Å²) in [7, 11) is 0. The molecular formula is C23H29N3O6. The van der Waals surface area contributed by atoms with Crippen molar-refractivity contribution in [1.29, 1.82) is 0 Å². The molecule has 1 atom stereocenters. The summed E-state index contributed by atoms with van der Waals surface area (Å²) in [4.78, 5) is 52.4. The van der Waals surface area contributed by atoms with Crippen LogP contribution in [0.4, 0.5) is 0 Å². The molecule has 0 aliphatic carbocycles. The van der Waals surface area contributed by atoms with Crippen LogP contribution >= 0.6 is 0 Å². The third kappa shape index (κ3) is 4.83. The van der Waals surface area contributed by atoms with Gasteiger partial charge < -0.3 is 14.7 Å². The van der Waals surface area contributed by atoms with Crippen LogP contribution in [0.25, 0.3) is 0 Å². The molecule has 0 spiro atoms. The lowest BCUT2D eigenvalue weighted by Crippen LogP contribution is -2.54. The fourth-order valence-corrected chi connectivity index (χ4v) is 4.49. The molecule has 4 rings (SSSR count). The van der Waals surface area contributed by atoms with Gasteiger partial charge in [-0.2, -0.15) is 0 Å². The second-order valence-electron chi connectivity index (χ2n) is 8.64. The molecule has 3 aliphatic rings. The Kier molecular flexibility index (Phi) is 6.86. The van der Waals surface area contributed by atoms with Crippen molar-refractivity contribution in [2.75, 3.05) is 26.2 Å². The largest absolute Gasteiger partial charge is 0.494 e. The summed E-state index contributed by atoms with van der Waals surface area (Å²) in [5.74, 6) is -1.55. The Labute approximate surface area is 186 Å². The lowest BCUT2D eigenvalue weighted by Gasteiger charge is -2.29. The lowest BCUT2D eigenvalue weighted by molar-refractivity contribution is -0.136. The molecule has 2 saturated heterocycles. The minimum atomic E-state index is -0.965. The van der Waals surface area contributed by atoms with Crippen LogP contribution in [-0.4, -0.2) is 76.9 Å². The Morgan fingerprint density at radius 1 is 0.969 bits per heavy atom. The fraction of sp³-hybridized carbons (Fsp3) is 0.565. The topological polar surface area (TPSA) is 116 Å². The molecule has 0 bridgehead atoms. The van der Waals surface area contributed by atoms with E-state index >= 15 is 0 Å². The van der Waals surface area contributed by atoms with Crippen LogP contribution in [0.15, 0.2) is 18.2 Å². The van der Waals surface area contributed by atoms with Gasteiger partial charge in [0.15, 0.2) is 0 Å². The van der Waals surface area contributed by atoms with Crippen LogP contribution in [0.3, 0.4) is 0 Å². The number of carbonyl (C=O) groups excluding carboxylic acids is 4. The number of benzene rings is 1. The van der Waals surface area contributed by atoms with E-state index in [0.717, 1.165) is 56.6 Å². The van der Waals surface area contributed by atoms with Crippen LogP contribution in [0.5, 0.6) is 5.75 Å². The Morgan fingerprint density at radius 3 is 2.47 bits per heavy atom. The van der Waals surface area contributed by atoms with Gasteiger partial charge in [-0.05, 0) is 63.3 Å². The molecule has 9 nitrogen and oxygen atoms in total. The van der Waals surface area contributed by atoms with Gasteiger partial charge in [0.1, 0.15) is 11.8 Å². The Bertz CT molecular complexity index is 909. The predicted molar refractivity (Wildman–Crippen MR) is 114 cm³/mol. The average Bonchev–Trinajstić information content (AvgIpc) is 3.02. The van der Waals surface area contributed by atoms with E-state index in [1.807, 2.05) is 0 Å². The number of ether oxygens (including phenoxy) is 1. The number of aliphatic hydroxyl groups excluding tert-OH is 1. The van der Waals surface area contributed by atoms with Crippen molar-refractivity contribution in [2.24, 2.45) is 0 Å². The molecule has 9 heteroatoms. The maximum Gasteiger partial charge on any atom is 0.262 e. The number of amides is 4. The highest BCUT2D eigenvalue weighted by Gasteiger charge is 2.44. The van der Waals surface area contributed by atoms with Crippen molar-refractivity contribution in [3.8, 4) is 5.75 Å². The molecule has 3 aliphatic heterocycles. The number of imide groups is 2. The quantitative estimate of drug-likeness (QED) is 0.456. The van der Waals surface area contributed by atoms with Crippen molar-refractivity contribution < 1.29 is 29.0 Å². The van der Waals surface area contributed by atoms with E-state index in [-0.39, 0.29) is 30.1 Å². The lowest BCUT2D eigenvalue weighted by atomic mass is 10.0. The highest BCUT2D eigenvalue weighted by Crippen LogP contribution is 2.30. The van der Waals surface area contributed by atoms with E-state index in [4.69, 9.17) is 4.74 Å². The number of nitrogens with one attached hydrogen (secondary N) is 1. The first-order chi connectivity index (χ1) is 15.4. The molecule has 1 aromatic rings. The van der Waals surface area contributed by atoms with Gasteiger partial charge in [-0.15, -0.1) is 0 Å². The van der Waals surface area contributed by atoms with Gasteiger partial charge >= 0.3 is 0 Å². The van der Waals surface area contributed by atoms with E-state index < -0.39 is 29.7 Å². The summed E-state index contributed by atoms with van der Waals surface area (Å²) in [5.41, 5.74) is 0.475. The van der Waals surface area contributed by atoms with E-state index in [9.17, 15) is 24.3 Å². The molecule has 0 radical (unpaired) electrons. The standard InChI is InChI=1S/C23H29N3O6/c27-15-8-11-25(12-9-15)10-2-1-3-13-32-16-4-5-17-18(14-16)23(31)26(22(17)30)19-6-7-20(28)24-21(19)29/h4-5,14-15,19,27H,1-3,6-13H2,(H,24,28,29). The van der Waals surface area contributed by atoms with Crippen molar-refractivity contribution >= 4 is 23.6 Å². The molecule has 2 fully saturated rings. The van der Waals surface area contributed by atoms with Crippen LogP contribution in [0.2, 0.25) is 0 Å². The molecule has 32 heavy (non-hydrogen) atoms. The summed E-state index contributed by atoms with van der Waals surface area (Å²) in [5, 5.41) is 11.7. The number of nitrogens with zero attached hydrogens (tertiary/aromatic N) is 2. The molecular weight excluding hydrogens is 414 g/mol. The molecule has 0 aromatic heterocycles. The van der Waals surface area contributed by atoms with Crippen LogP contribution in [0, 0.1) is 0 Å². The van der Waals surface area contributed by atoms with E-state index in [0.29, 0.717) is 12.4 Å². The predicted octanol–water partition coefficient (Wildman–Crippen LogP) is 1.09. The van der Waals surface area contributed by atoms with Gasteiger partial charge in [-0.3, -0.25) is 29.4 Å². The number of likely N-dealkylation sites (tertiary alicyclic amines) is 1. The number of carbonyl (C=O) groups is 4. The van der Waals surface area contributed by atoms with Crippen LogP contribution in [0.1, 0.15) is 65.7 Å². The number of rotatable bonds is 8. The van der Waals surface area contributed by atoms with Gasteiger partial charge in [0.2, 0.25) is 11.8 Å². The van der Waals surface area contributed by atoms with E-state index in [1.165, 1.54) is 0 Å².